The molecule has 1 heterocycles. The van der Waals surface area contributed by atoms with Crippen molar-refractivity contribution < 1.29 is 27.7 Å². The first kappa shape index (κ1) is 19.7. The molecule has 3 aromatic rings. The third-order valence-electron chi connectivity index (χ3n) is 3.66. The number of carbonyl (C=O) groups is 2. The summed E-state index contributed by atoms with van der Waals surface area (Å²) in [6.45, 7) is 0. The Hall–Kier alpha value is -3.04. The van der Waals surface area contributed by atoms with Crippen molar-refractivity contribution in [3.63, 3.8) is 0 Å². The van der Waals surface area contributed by atoms with E-state index in [1.165, 1.54) is 18.3 Å². The number of sulfone groups is 1. The standard InChI is InChI=1S/C19H16N2O5S2/c1-28(24,25)17-12-20-19(27-17)21-18(23)14-9-5-6-10-15(14)26-16(22)11-13-7-3-2-4-8-13/h2-10,12H,11H2,1H3,(H,20,21,23)/p+1. The van der Waals surface area contributed by atoms with Crippen LogP contribution in [0.3, 0.4) is 0 Å². The van der Waals surface area contributed by atoms with Crippen LogP contribution in [-0.2, 0) is 21.1 Å². The summed E-state index contributed by atoms with van der Waals surface area (Å²) in [5, 5.41) is 2.84. The van der Waals surface area contributed by atoms with Crippen molar-refractivity contribution in [3.8, 4) is 5.75 Å². The average Bonchev–Trinajstić information content (AvgIpc) is 3.12. The van der Waals surface area contributed by atoms with Crippen LogP contribution in [0.2, 0.25) is 0 Å². The van der Waals surface area contributed by atoms with Crippen LogP contribution < -0.4 is 15.0 Å². The summed E-state index contributed by atoms with van der Waals surface area (Å²) >= 11 is 0.901. The van der Waals surface area contributed by atoms with Crippen molar-refractivity contribution in [2.24, 2.45) is 0 Å². The summed E-state index contributed by atoms with van der Waals surface area (Å²) in [6.07, 6.45) is 2.47. The minimum Gasteiger partial charge on any atom is -0.425 e. The Bertz CT molecular complexity index is 1110. The number of esters is 1. The third kappa shape index (κ3) is 5.02. The number of ether oxygens (including phenoxy) is 1. The summed E-state index contributed by atoms with van der Waals surface area (Å²) in [5.74, 6) is -0.893. The Morgan fingerprint density at radius 2 is 1.75 bits per heavy atom. The molecule has 0 bridgehead atoms. The van der Waals surface area contributed by atoms with Crippen LogP contribution in [0.4, 0.5) is 5.13 Å². The number of nitrogens with one attached hydrogen (secondary N) is 2. The number of benzene rings is 2. The molecule has 144 valence electrons. The fraction of sp³-hybridized carbons (Fsp3) is 0.105. The molecule has 0 atom stereocenters. The number of amides is 1. The zero-order chi connectivity index (χ0) is 20.1. The summed E-state index contributed by atoms with van der Waals surface area (Å²) in [7, 11) is -3.37. The monoisotopic (exact) mass is 417 g/mol. The van der Waals surface area contributed by atoms with E-state index >= 15 is 0 Å². The highest BCUT2D eigenvalue weighted by molar-refractivity contribution is 7.92. The van der Waals surface area contributed by atoms with E-state index in [9.17, 15) is 18.0 Å². The number of aromatic amines is 1. The molecular weight excluding hydrogens is 400 g/mol. The van der Waals surface area contributed by atoms with E-state index in [0.29, 0.717) is 0 Å². The SMILES string of the molecule is CS(=O)(=O)c1c[nH+]c(NC(=O)c2ccccc2OC(=O)Cc2ccccc2)s1. The number of hydrogen-bond acceptors (Lipinski definition) is 6. The van der Waals surface area contributed by atoms with Gasteiger partial charge in [0.05, 0.1) is 6.42 Å². The van der Waals surface area contributed by atoms with Gasteiger partial charge in [0.15, 0.2) is 14.0 Å². The van der Waals surface area contributed by atoms with Gasteiger partial charge in [-0.3, -0.25) is 4.79 Å². The molecule has 1 amide bonds. The highest BCUT2D eigenvalue weighted by Gasteiger charge is 2.22. The molecule has 0 unspecified atom stereocenters. The molecule has 9 heteroatoms. The third-order valence-corrected chi connectivity index (χ3v) is 6.41. The molecule has 1 aromatic heterocycles. The van der Waals surface area contributed by atoms with E-state index in [4.69, 9.17) is 4.74 Å². The molecule has 7 nitrogen and oxygen atoms in total. The van der Waals surface area contributed by atoms with E-state index in [0.717, 1.165) is 23.2 Å². The number of rotatable bonds is 6. The van der Waals surface area contributed by atoms with E-state index in [-0.39, 0.29) is 27.1 Å². The molecule has 0 aliphatic carbocycles. The summed E-state index contributed by atoms with van der Waals surface area (Å²) < 4.78 is 28.6. The second-order valence-corrected chi connectivity index (χ2v) is 9.19. The van der Waals surface area contributed by atoms with Gasteiger partial charge in [0.1, 0.15) is 17.5 Å². The molecule has 0 saturated heterocycles. The molecule has 28 heavy (non-hydrogen) atoms. The fourth-order valence-electron chi connectivity index (χ4n) is 2.36. The molecule has 0 aliphatic rings. The number of aromatic nitrogens is 1. The van der Waals surface area contributed by atoms with E-state index < -0.39 is 21.7 Å². The van der Waals surface area contributed by atoms with Gasteiger partial charge in [-0.2, -0.15) is 5.32 Å². The molecule has 0 saturated carbocycles. The maximum absolute atomic E-state index is 12.6. The van der Waals surface area contributed by atoms with Crippen molar-refractivity contribution in [2.45, 2.75) is 10.6 Å². The molecule has 0 radical (unpaired) electrons. The predicted molar refractivity (Wildman–Crippen MR) is 104 cm³/mol. The van der Waals surface area contributed by atoms with Gasteiger partial charge in [-0.1, -0.05) is 42.5 Å². The zero-order valence-corrected chi connectivity index (χ0v) is 16.5. The molecule has 0 spiro atoms. The van der Waals surface area contributed by atoms with Crippen LogP contribution >= 0.6 is 11.3 Å². The van der Waals surface area contributed by atoms with Gasteiger partial charge < -0.3 is 4.74 Å². The van der Waals surface area contributed by atoms with Crippen molar-refractivity contribution in [1.29, 1.82) is 0 Å². The Morgan fingerprint density at radius 1 is 1.07 bits per heavy atom. The Labute approximate surface area is 165 Å². The largest absolute Gasteiger partial charge is 0.425 e. The normalized spacial score (nSPS) is 11.0. The summed E-state index contributed by atoms with van der Waals surface area (Å²) in [4.78, 5) is 27.5. The smallest absolute Gasteiger partial charge is 0.343 e. The zero-order valence-electron chi connectivity index (χ0n) is 14.8. The Morgan fingerprint density at radius 3 is 2.43 bits per heavy atom. The van der Waals surface area contributed by atoms with Crippen LogP contribution in [0.1, 0.15) is 15.9 Å². The van der Waals surface area contributed by atoms with Gasteiger partial charge in [-0.05, 0) is 29.0 Å². The summed E-state index contributed by atoms with van der Waals surface area (Å²) in [5.41, 5.74) is 0.961. The second kappa shape index (κ2) is 8.32. The van der Waals surface area contributed by atoms with E-state index in [2.05, 4.69) is 10.3 Å². The number of anilines is 1. The van der Waals surface area contributed by atoms with Crippen LogP contribution in [-0.4, -0.2) is 26.6 Å². The lowest BCUT2D eigenvalue weighted by Crippen LogP contribution is -2.19. The lowest BCUT2D eigenvalue weighted by molar-refractivity contribution is -0.356. The number of para-hydroxylation sites is 1. The average molecular weight is 417 g/mol. The minimum atomic E-state index is -3.37. The van der Waals surface area contributed by atoms with Crippen molar-refractivity contribution in [1.82, 2.24) is 0 Å². The molecule has 0 fully saturated rings. The number of thiazole rings is 1. The highest BCUT2D eigenvalue weighted by atomic mass is 32.2. The maximum atomic E-state index is 12.6. The quantitative estimate of drug-likeness (QED) is 0.490. The summed E-state index contributed by atoms with van der Waals surface area (Å²) in [6, 6.07) is 15.5. The van der Waals surface area contributed by atoms with Gasteiger partial charge in [0.25, 0.3) is 0 Å². The molecule has 2 N–H and O–H groups in total. The topological polar surface area (TPSA) is 104 Å². The first-order valence-corrected chi connectivity index (χ1v) is 10.9. The van der Waals surface area contributed by atoms with Gasteiger partial charge in [0, 0.05) is 6.26 Å². The Kier molecular flexibility index (Phi) is 5.86. The fourth-order valence-corrected chi connectivity index (χ4v) is 4.07. The molecule has 0 aliphatic heterocycles. The molecular formula is C19H17N2O5S2+. The van der Waals surface area contributed by atoms with Gasteiger partial charge in [-0.25, -0.2) is 18.2 Å². The van der Waals surface area contributed by atoms with Crippen LogP contribution in [0.15, 0.2) is 65.0 Å². The van der Waals surface area contributed by atoms with E-state index in [1.807, 2.05) is 30.3 Å². The Balaban J connectivity index is 1.73. The highest BCUT2D eigenvalue weighted by Crippen LogP contribution is 2.23. The maximum Gasteiger partial charge on any atom is 0.343 e. The van der Waals surface area contributed by atoms with Crippen molar-refractivity contribution in [3.05, 3.63) is 71.9 Å². The lowest BCUT2D eigenvalue weighted by Gasteiger charge is -2.07. The second-order valence-electron chi connectivity index (χ2n) is 5.90. The van der Waals surface area contributed by atoms with Gasteiger partial charge >= 0.3 is 17.0 Å². The lowest BCUT2D eigenvalue weighted by atomic mass is 10.1. The van der Waals surface area contributed by atoms with Gasteiger partial charge in [0.2, 0.25) is 0 Å². The molecule has 2 aromatic carbocycles. The van der Waals surface area contributed by atoms with Crippen LogP contribution in [0.5, 0.6) is 5.75 Å². The predicted octanol–water partition coefficient (Wildman–Crippen LogP) is 2.37. The van der Waals surface area contributed by atoms with Crippen molar-refractivity contribution >= 4 is 38.2 Å². The van der Waals surface area contributed by atoms with Crippen LogP contribution in [0, 0.1) is 0 Å². The first-order chi connectivity index (χ1) is 13.3. The molecule has 3 rings (SSSR count). The van der Waals surface area contributed by atoms with E-state index in [1.54, 1.807) is 12.1 Å². The van der Waals surface area contributed by atoms with Gasteiger partial charge in [-0.15, -0.1) is 0 Å². The van der Waals surface area contributed by atoms with Crippen LogP contribution in [0.25, 0.3) is 0 Å². The number of carbonyl (C=O) groups excluding carboxylic acids is 2. The minimum absolute atomic E-state index is 0.0766. The van der Waals surface area contributed by atoms with Crippen molar-refractivity contribution in [2.75, 3.05) is 11.6 Å². The first-order valence-electron chi connectivity index (χ1n) is 8.19. The number of H-pyrrole nitrogens is 1. The number of hydrogen-bond donors (Lipinski definition) is 1.